The molecule has 1 heteroatoms. The van der Waals surface area contributed by atoms with Crippen molar-refractivity contribution in [2.24, 2.45) is 0 Å². The summed E-state index contributed by atoms with van der Waals surface area (Å²) in [6.07, 6.45) is 0. The van der Waals surface area contributed by atoms with Crippen LogP contribution in [0.3, 0.4) is 0 Å². The Hall–Kier alpha value is -3.32. The highest BCUT2D eigenvalue weighted by Crippen LogP contribution is 2.39. The Morgan fingerprint density at radius 2 is 0.828 bits per heavy atom. The maximum atomic E-state index is 6.47. The summed E-state index contributed by atoms with van der Waals surface area (Å²) in [7, 11) is 0. The first-order valence-electron chi connectivity index (χ1n) is 10.1. The Labute approximate surface area is 173 Å². The lowest BCUT2D eigenvalue weighted by Gasteiger charge is -2.19. The zero-order valence-electron chi connectivity index (χ0n) is 17.5. The van der Waals surface area contributed by atoms with E-state index in [2.05, 4.69) is 113 Å². The van der Waals surface area contributed by atoms with Crippen molar-refractivity contribution in [1.82, 2.24) is 0 Å². The van der Waals surface area contributed by atoms with E-state index in [9.17, 15) is 0 Å². The van der Waals surface area contributed by atoms with Crippen LogP contribution in [0.5, 0.6) is 11.5 Å². The molecule has 0 aliphatic heterocycles. The molecule has 0 fully saturated rings. The highest BCUT2D eigenvalue weighted by atomic mass is 16.5. The van der Waals surface area contributed by atoms with Crippen molar-refractivity contribution in [1.29, 1.82) is 0 Å². The zero-order valence-corrected chi connectivity index (χ0v) is 17.5. The first-order chi connectivity index (χ1) is 14.1. The lowest BCUT2D eigenvalue weighted by Crippen LogP contribution is -1.97. The van der Waals surface area contributed by atoms with Gasteiger partial charge in [0.25, 0.3) is 0 Å². The van der Waals surface area contributed by atoms with Gasteiger partial charge >= 0.3 is 0 Å². The van der Waals surface area contributed by atoms with Crippen molar-refractivity contribution < 1.29 is 4.74 Å². The molecule has 0 spiro atoms. The largest absolute Gasteiger partial charge is 0.457 e. The number of hydrogen-bond donors (Lipinski definition) is 0. The van der Waals surface area contributed by atoms with Crippen molar-refractivity contribution in [3.63, 3.8) is 0 Å². The van der Waals surface area contributed by atoms with Gasteiger partial charge in [0.2, 0.25) is 0 Å². The minimum absolute atomic E-state index is 0.903. The van der Waals surface area contributed by atoms with Gasteiger partial charge in [-0.25, -0.2) is 0 Å². The van der Waals surface area contributed by atoms with Crippen molar-refractivity contribution >= 4 is 0 Å². The van der Waals surface area contributed by atoms with Gasteiger partial charge in [-0.2, -0.15) is 0 Å². The van der Waals surface area contributed by atoms with Crippen LogP contribution in [0.25, 0.3) is 22.3 Å². The summed E-state index contributed by atoms with van der Waals surface area (Å²) in [6.45, 7) is 8.60. The van der Waals surface area contributed by atoms with Gasteiger partial charge in [0, 0.05) is 0 Å². The van der Waals surface area contributed by atoms with Crippen molar-refractivity contribution in [2.75, 3.05) is 0 Å². The van der Waals surface area contributed by atoms with Gasteiger partial charge in [-0.05, 0) is 84.3 Å². The highest BCUT2D eigenvalue weighted by molar-refractivity contribution is 5.75. The minimum Gasteiger partial charge on any atom is -0.457 e. The van der Waals surface area contributed by atoms with E-state index in [1.165, 1.54) is 33.4 Å². The van der Waals surface area contributed by atoms with Crippen LogP contribution >= 0.6 is 0 Å². The van der Waals surface area contributed by atoms with Gasteiger partial charge in [-0.3, -0.25) is 0 Å². The highest BCUT2D eigenvalue weighted by Gasteiger charge is 2.15. The second-order valence-electron chi connectivity index (χ2n) is 7.60. The Bertz CT molecular complexity index is 1050. The molecule has 4 rings (SSSR count). The Morgan fingerprint density at radius 3 is 1.21 bits per heavy atom. The van der Waals surface area contributed by atoms with Gasteiger partial charge in [0.1, 0.15) is 11.5 Å². The average molecular weight is 379 g/mol. The monoisotopic (exact) mass is 378 g/mol. The molecular weight excluding hydrogens is 352 g/mol. The SMILES string of the molecule is Cc1ccc(Oc2ccc(C)c(-c3ccccc3)c2C)c(C)c1-c1ccccc1. The summed E-state index contributed by atoms with van der Waals surface area (Å²) in [5.41, 5.74) is 9.78. The average Bonchev–Trinajstić information content (AvgIpc) is 2.74. The lowest BCUT2D eigenvalue weighted by atomic mass is 9.94. The third-order valence-corrected chi connectivity index (χ3v) is 5.59. The third-order valence-electron chi connectivity index (χ3n) is 5.59. The summed E-state index contributed by atoms with van der Waals surface area (Å²) in [4.78, 5) is 0. The quantitative estimate of drug-likeness (QED) is 0.349. The van der Waals surface area contributed by atoms with E-state index in [0.717, 1.165) is 22.6 Å². The van der Waals surface area contributed by atoms with E-state index in [1.54, 1.807) is 0 Å². The predicted octanol–water partition coefficient (Wildman–Crippen LogP) is 8.05. The van der Waals surface area contributed by atoms with Crippen LogP contribution in [0.15, 0.2) is 84.9 Å². The zero-order chi connectivity index (χ0) is 20.4. The number of benzene rings is 4. The first-order valence-corrected chi connectivity index (χ1v) is 10.1. The normalized spacial score (nSPS) is 10.8. The summed E-state index contributed by atoms with van der Waals surface area (Å²) < 4.78 is 6.47. The van der Waals surface area contributed by atoms with Gasteiger partial charge < -0.3 is 4.74 Å². The van der Waals surface area contributed by atoms with Crippen LogP contribution in [0.2, 0.25) is 0 Å². The fourth-order valence-electron chi connectivity index (χ4n) is 4.09. The van der Waals surface area contributed by atoms with Crippen molar-refractivity contribution in [3.8, 4) is 33.8 Å². The molecular formula is C28H26O. The van der Waals surface area contributed by atoms with E-state index in [4.69, 9.17) is 4.74 Å². The molecule has 0 unspecified atom stereocenters. The van der Waals surface area contributed by atoms with E-state index in [-0.39, 0.29) is 0 Å². The van der Waals surface area contributed by atoms with Crippen LogP contribution < -0.4 is 4.74 Å². The Balaban J connectivity index is 1.78. The van der Waals surface area contributed by atoms with Crippen LogP contribution in [-0.4, -0.2) is 0 Å². The van der Waals surface area contributed by atoms with Crippen LogP contribution in [0.4, 0.5) is 0 Å². The van der Waals surface area contributed by atoms with Gasteiger partial charge in [0.05, 0.1) is 0 Å². The maximum absolute atomic E-state index is 6.47. The standard InChI is InChI=1S/C28H26O/c1-19-15-17-25(21(3)27(19)23-11-7-5-8-12-23)29-26-18-16-20(2)28(22(26)4)24-13-9-6-10-14-24/h5-18H,1-4H3. The van der Waals surface area contributed by atoms with Gasteiger partial charge in [0.15, 0.2) is 0 Å². The fraction of sp³-hybridized carbons (Fsp3) is 0.143. The molecule has 0 radical (unpaired) electrons. The molecule has 4 aromatic carbocycles. The molecule has 29 heavy (non-hydrogen) atoms. The molecule has 0 aromatic heterocycles. The predicted molar refractivity (Wildman–Crippen MR) is 123 cm³/mol. The fourth-order valence-corrected chi connectivity index (χ4v) is 4.09. The molecule has 0 saturated carbocycles. The van der Waals surface area contributed by atoms with Gasteiger partial charge in [-0.15, -0.1) is 0 Å². The summed E-state index contributed by atoms with van der Waals surface area (Å²) in [5.74, 6) is 1.81. The van der Waals surface area contributed by atoms with Crippen LogP contribution in [0.1, 0.15) is 22.3 Å². The summed E-state index contributed by atoms with van der Waals surface area (Å²) in [5, 5.41) is 0. The molecule has 0 N–H and O–H groups in total. The molecule has 4 aromatic rings. The third kappa shape index (κ3) is 3.69. The van der Waals surface area contributed by atoms with E-state index >= 15 is 0 Å². The molecule has 0 aliphatic rings. The molecule has 0 atom stereocenters. The number of hydrogen-bond acceptors (Lipinski definition) is 1. The van der Waals surface area contributed by atoms with Gasteiger partial charge in [-0.1, -0.05) is 72.8 Å². The lowest BCUT2D eigenvalue weighted by molar-refractivity contribution is 0.475. The number of aryl methyl sites for hydroxylation is 2. The molecule has 0 amide bonds. The van der Waals surface area contributed by atoms with Crippen LogP contribution in [0, 0.1) is 27.7 Å². The van der Waals surface area contributed by atoms with E-state index in [0.29, 0.717) is 0 Å². The van der Waals surface area contributed by atoms with E-state index in [1.807, 2.05) is 0 Å². The number of rotatable bonds is 4. The molecule has 0 heterocycles. The Morgan fingerprint density at radius 1 is 0.448 bits per heavy atom. The minimum atomic E-state index is 0.903. The van der Waals surface area contributed by atoms with Crippen LogP contribution in [-0.2, 0) is 0 Å². The molecule has 144 valence electrons. The smallest absolute Gasteiger partial charge is 0.130 e. The first kappa shape index (κ1) is 19.0. The number of ether oxygens (including phenoxy) is 1. The summed E-state index contributed by atoms with van der Waals surface area (Å²) >= 11 is 0. The Kier molecular flexibility index (Phi) is 5.22. The second-order valence-corrected chi connectivity index (χ2v) is 7.60. The second kappa shape index (κ2) is 7.97. The topological polar surface area (TPSA) is 9.23 Å². The molecule has 0 bridgehead atoms. The van der Waals surface area contributed by atoms with Crippen molar-refractivity contribution in [3.05, 3.63) is 107 Å². The molecule has 0 aliphatic carbocycles. The molecule has 1 nitrogen and oxygen atoms in total. The van der Waals surface area contributed by atoms with Crippen molar-refractivity contribution in [2.45, 2.75) is 27.7 Å². The van der Waals surface area contributed by atoms with E-state index < -0.39 is 0 Å². The summed E-state index contributed by atoms with van der Waals surface area (Å²) in [6, 6.07) is 29.5. The molecule has 0 saturated heterocycles. The maximum Gasteiger partial charge on any atom is 0.130 e.